The molecule has 0 radical (unpaired) electrons. The second kappa shape index (κ2) is 4.74. The number of rotatable bonds is 2. The van der Waals surface area contributed by atoms with Crippen LogP contribution in [0.1, 0.15) is 16.0 Å². The van der Waals surface area contributed by atoms with E-state index in [-0.39, 0.29) is 0 Å². The molecule has 3 heterocycles. The Balaban J connectivity index is 1.93. The van der Waals surface area contributed by atoms with Crippen molar-refractivity contribution in [1.29, 1.82) is 0 Å². The third-order valence-electron chi connectivity index (χ3n) is 3.97. The molecule has 0 unspecified atom stereocenters. The first kappa shape index (κ1) is 12.7. The lowest BCUT2D eigenvalue weighted by Crippen LogP contribution is -2.05. The molecule has 0 amide bonds. The number of nitrogens with zero attached hydrogens (tertiary/aromatic N) is 2. The van der Waals surface area contributed by atoms with Crippen molar-refractivity contribution in [2.75, 3.05) is 11.9 Å². The van der Waals surface area contributed by atoms with Gasteiger partial charge in [0.15, 0.2) is 0 Å². The number of hydrogen-bond acceptors (Lipinski definition) is 3. The summed E-state index contributed by atoms with van der Waals surface area (Å²) in [5.74, 6) is 1.16. The summed E-state index contributed by atoms with van der Waals surface area (Å²) in [6.45, 7) is 5.27. The van der Waals surface area contributed by atoms with Gasteiger partial charge in [-0.05, 0) is 44.0 Å². The first-order valence-electron chi connectivity index (χ1n) is 7.22. The largest absolute Gasteiger partial charge is 0.369 e. The minimum Gasteiger partial charge on any atom is -0.369 e. The molecule has 1 aliphatic heterocycles. The number of para-hydroxylation sites is 1. The fraction of sp³-hybridized carbons (Fsp3) is 0.235. The van der Waals surface area contributed by atoms with Gasteiger partial charge in [0.1, 0.15) is 11.5 Å². The molecular weight excluding hydrogens is 278 g/mol. The van der Waals surface area contributed by atoms with Crippen molar-refractivity contribution in [3.8, 4) is 16.3 Å². The van der Waals surface area contributed by atoms with Crippen LogP contribution in [-0.4, -0.2) is 16.3 Å². The van der Waals surface area contributed by atoms with E-state index in [1.807, 2.05) is 11.3 Å². The highest BCUT2D eigenvalue weighted by Crippen LogP contribution is 2.37. The first-order valence-corrected chi connectivity index (χ1v) is 8.04. The van der Waals surface area contributed by atoms with E-state index >= 15 is 0 Å². The van der Waals surface area contributed by atoms with Gasteiger partial charge in [-0.2, -0.15) is 5.10 Å². The number of aromatic nitrogens is 2. The molecule has 0 saturated carbocycles. The molecule has 0 saturated heterocycles. The van der Waals surface area contributed by atoms with Gasteiger partial charge in [-0.3, -0.25) is 0 Å². The smallest absolute Gasteiger partial charge is 0.133 e. The summed E-state index contributed by atoms with van der Waals surface area (Å²) in [7, 11) is 0. The summed E-state index contributed by atoms with van der Waals surface area (Å²) in [4.78, 5) is 2.59. The molecule has 0 aliphatic carbocycles. The quantitative estimate of drug-likeness (QED) is 0.768. The maximum Gasteiger partial charge on any atom is 0.133 e. The fourth-order valence-electron chi connectivity index (χ4n) is 2.91. The van der Waals surface area contributed by atoms with Gasteiger partial charge in [0.2, 0.25) is 0 Å². The van der Waals surface area contributed by atoms with E-state index in [9.17, 15) is 0 Å². The Kier molecular flexibility index (Phi) is 2.86. The molecule has 4 rings (SSSR count). The van der Waals surface area contributed by atoms with Crippen molar-refractivity contribution < 1.29 is 0 Å². The van der Waals surface area contributed by atoms with Crippen molar-refractivity contribution in [2.24, 2.45) is 0 Å². The SMILES string of the molecule is Cc1ccc(-c2nn(-c3ccccc3C)c3c2CCN3)s1. The van der Waals surface area contributed by atoms with Gasteiger partial charge >= 0.3 is 0 Å². The van der Waals surface area contributed by atoms with Crippen LogP contribution in [0.25, 0.3) is 16.3 Å². The second-order valence-corrected chi connectivity index (χ2v) is 6.75. The molecule has 1 N–H and O–H groups in total. The molecule has 1 aromatic carbocycles. The maximum atomic E-state index is 4.91. The zero-order valence-corrected chi connectivity index (χ0v) is 13.0. The first-order chi connectivity index (χ1) is 10.2. The van der Waals surface area contributed by atoms with Gasteiger partial charge in [0.05, 0.1) is 10.6 Å². The summed E-state index contributed by atoms with van der Waals surface area (Å²) in [6.07, 6.45) is 1.05. The number of fused-ring (bicyclic) bond motifs is 1. The molecule has 4 heteroatoms. The molecule has 0 spiro atoms. The van der Waals surface area contributed by atoms with Crippen molar-refractivity contribution in [2.45, 2.75) is 20.3 Å². The van der Waals surface area contributed by atoms with E-state index in [0.29, 0.717) is 0 Å². The molecule has 21 heavy (non-hydrogen) atoms. The average Bonchev–Trinajstić information content (AvgIpc) is 3.15. The minimum absolute atomic E-state index is 0.996. The molecule has 106 valence electrons. The Morgan fingerprint density at radius 3 is 2.76 bits per heavy atom. The van der Waals surface area contributed by atoms with Crippen molar-refractivity contribution in [1.82, 2.24) is 9.78 Å². The minimum atomic E-state index is 0.996. The Labute approximate surface area is 128 Å². The number of aryl methyl sites for hydroxylation is 2. The van der Waals surface area contributed by atoms with E-state index < -0.39 is 0 Å². The molecule has 0 fully saturated rings. The number of thiophene rings is 1. The normalized spacial score (nSPS) is 13.2. The van der Waals surface area contributed by atoms with Gasteiger partial charge in [-0.15, -0.1) is 11.3 Å². The predicted molar refractivity (Wildman–Crippen MR) is 88.5 cm³/mol. The van der Waals surface area contributed by atoms with Gasteiger partial charge in [-0.1, -0.05) is 18.2 Å². The van der Waals surface area contributed by atoms with E-state index in [4.69, 9.17) is 5.10 Å². The molecule has 0 bridgehead atoms. The van der Waals surface area contributed by atoms with Crippen LogP contribution >= 0.6 is 11.3 Å². The number of nitrogens with one attached hydrogen (secondary N) is 1. The number of anilines is 1. The van der Waals surface area contributed by atoms with Crippen LogP contribution in [-0.2, 0) is 6.42 Å². The van der Waals surface area contributed by atoms with Crippen molar-refractivity contribution >= 4 is 17.2 Å². The molecular formula is C17H17N3S. The number of hydrogen-bond donors (Lipinski definition) is 1. The molecule has 0 atom stereocenters. The second-order valence-electron chi connectivity index (χ2n) is 5.46. The van der Waals surface area contributed by atoms with Crippen LogP contribution < -0.4 is 5.32 Å². The summed E-state index contributed by atoms with van der Waals surface area (Å²) in [6, 6.07) is 12.8. The standard InChI is InChI=1S/C17H17N3S/c1-11-5-3-4-6-14(11)20-17-13(9-10-18-17)16(19-20)15-8-7-12(2)21-15/h3-8,18H,9-10H2,1-2H3. The van der Waals surface area contributed by atoms with Crippen molar-refractivity contribution in [3.05, 3.63) is 52.4 Å². The Bertz CT molecular complexity index is 813. The molecule has 3 nitrogen and oxygen atoms in total. The monoisotopic (exact) mass is 295 g/mol. The van der Waals surface area contributed by atoms with E-state index in [0.717, 1.165) is 30.2 Å². The predicted octanol–water partition coefficient (Wildman–Crippen LogP) is 4.19. The Morgan fingerprint density at radius 2 is 2.00 bits per heavy atom. The number of benzene rings is 1. The maximum absolute atomic E-state index is 4.91. The third-order valence-corrected chi connectivity index (χ3v) is 4.98. The topological polar surface area (TPSA) is 29.9 Å². The van der Waals surface area contributed by atoms with E-state index in [1.54, 1.807) is 0 Å². The van der Waals surface area contributed by atoms with Gasteiger partial charge < -0.3 is 5.32 Å². The lowest BCUT2D eigenvalue weighted by molar-refractivity contribution is 0.876. The Hall–Kier alpha value is -2.07. The van der Waals surface area contributed by atoms with Crippen molar-refractivity contribution in [3.63, 3.8) is 0 Å². The van der Waals surface area contributed by atoms with Crippen LogP contribution in [0.15, 0.2) is 36.4 Å². The zero-order valence-electron chi connectivity index (χ0n) is 12.2. The highest BCUT2D eigenvalue weighted by molar-refractivity contribution is 7.15. The van der Waals surface area contributed by atoms with E-state index in [1.165, 1.54) is 20.9 Å². The Morgan fingerprint density at radius 1 is 1.14 bits per heavy atom. The van der Waals surface area contributed by atoms with Gasteiger partial charge in [0, 0.05) is 17.0 Å². The average molecular weight is 295 g/mol. The van der Waals surface area contributed by atoms with Crippen LogP contribution in [0.4, 0.5) is 5.82 Å². The highest BCUT2D eigenvalue weighted by Gasteiger charge is 2.24. The summed E-state index contributed by atoms with van der Waals surface area (Å²) < 4.78 is 2.07. The highest BCUT2D eigenvalue weighted by atomic mass is 32.1. The summed E-state index contributed by atoms with van der Waals surface area (Å²) in [5, 5.41) is 8.41. The van der Waals surface area contributed by atoms with E-state index in [2.05, 4.69) is 60.2 Å². The third kappa shape index (κ3) is 1.98. The molecule has 2 aromatic heterocycles. The molecule has 1 aliphatic rings. The summed E-state index contributed by atoms with van der Waals surface area (Å²) >= 11 is 1.82. The molecule has 3 aromatic rings. The van der Waals surface area contributed by atoms with Gasteiger partial charge in [-0.25, -0.2) is 4.68 Å². The summed E-state index contributed by atoms with van der Waals surface area (Å²) in [5.41, 5.74) is 4.88. The van der Waals surface area contributed by atoms with Crippen LogP contribution in [0.5, 0.6) is 0 Å². The van der Waals surface area contributed by atoms with Crippen LogP contribution in [0, 0.1) is 13.8 Å². The lowest BCUT2D eigenvalue weighted by atomic mass is 10.2. The lowest BCUT2D eigenvalue weighted by Gasteiger charge is -2.08. The zero-order chi connectivity index (χ0) is 14.4. The van der Waals surface area contributed by atoms with Gasteiger partial charge in [0.25, 0.3) is 0 Å². The fourth-order valence-corrected chi connectivity index (χ4v) is 3.79. The van der Waals surface area contributed by atoms with Crippen LogP contribution in [0.3, 0.4) is 0 Å². The van der Waals surface area contributed by atoms with Crippen LogP contribution in [0.2, 0.25) is 0 Å².